The first kappa shape index (κ1) is 16.6. The Labute approximate surface area is 128 Å². The number of rotatable bonds is 7. The van der Waals surface area contributed by atoms with Gasteiger partial charge in [-0.05, 0) is 57.7 Å². The molecule has 1 atom stereocenters. The lowest BCUT2D eigenvalue weighted by Gasteiger charge is -2.19. The monoisotopic (exact) mass is 312 g/mol. The van der Waals surface area contributed by atoms with Gasteiger partial charge in [-0.3, -0.25) is 0 Å². The van der Waals surface area contributed by atoms with E-state index in [1.807, 2.05) is 10.8 Å². The Morgan fingerprint density at radius 1 is 1.38 bits per heavy atom. The van der Waals surface area contributed by atoms with Crippen LogP contribution in [-0.2, 0) is 16.4 Å². The lowest BCUT2D eigenvalue weighted by atomic mass is 10.1. The van der Waals surface area contributed by atoms with Crippen LogP contribution in [0.3, 0.4) is 0 Å². The van der Waals surface area contributed by atoms with E-state index in [0.29, 0.717) is 12.6 Å². The van der Waals surface area contributed by atoms with Crippen molar-refractivity contribution in [2.45, 2.75) is 57.9 Å². The van der Waals surface area contributed by atoms with E-state index in [1.54, 1.807) is 20.8 Å². The van der Waals surface area contributed by atoms with E-state index in [0.717, 1.165) is 12.5 Å². The topological polar surface area (TPSA) is 51.1 Å². The van der Waals surface area contributed by atoms with Gasteiger partial charge in [0.1, 0.15) is 0 Å². The summed E-state index contributed by atoms with van der Waals surface area (Å²) in [4.78, 5) is 0. The van der Waals surface area contributed by atoms with E-state index in [9.17, 15) is 8.42 Å². The standard InChI is InChI=1S/C16H28N2O2S/c1-5-17-15(13-6-7-13)14-8-9-18(12-14)10-11-21(19,20)16(2,3)4/h8-9,12-13,15,17H,5-7,10-11H2,1-4H3. The van der Waals surface area contributed by atoms with Gasteiger partial charge in [-0.1, -0.05) is 6.92 Å². The molecule has 21 heavy (non-hydrogen) atoms. The van der Waals surface area contributed by atoms with Gasteiger partial charge in [0.2, 0.25) is 0 Å². The maximum atomic E-state index is 12.2. The van der Waals surface area contributed by atoms with Crippen molar-refractivity contribution in [3.63, 3.8) is 0 Å². The third-order valence-electron chi connectivity index (χ3n) is 4.20. The van der Waals surface area contributed by atoms with Crippen molar-refractivity contribution >= 4 is 9.84 Å². The average Bonchev–Trinajstić information content (AvgIpc) is 3.11. The van der Waals surface area contributed by atoms with Gasteiger partial charge in [-0.25, -0.2) is 8.42 Å². The number of aryl methyl sites for hydroxylation is 1. The molecule has 0 spiro atoms. The molecule has 0 radical (unpaired) electrons. The predicted octanol–water partition coefficient (Wildman–Crippen LogP) is 2.76. The van der Waals surface area contributed by atoms with Gasteiger partial charge in [0, 0.05) is 25.0 Å². The Kier molecular flexibility index (Phi) is 4.83. The maximum absolute atomic E-state index is 12.2. The van der Waals surface area contributed by atoms with Crippen molar-refractivity contribution in [1.82, 2.24) is 9.88 Å². The van der Waals surface area contributed by atoms with Crippen LogP contribution >= 0.6 is 0 Å². The summed E-state index contributed by atoms with van der Waals surface area (Å²) in [5, 5.41) is 3.54. The largest absolute Gasteiger partial charge is 0.353 e. The first-order valence-electron chi connectivity index (χ1n) is 7.86. The summed E-state index contributed by atoms with van der Waals surface area (Å²) in [6, 6.07) is 2.55. The van der Waals surface area contributed by atoms with Crippen molar-refractivity contribution in [3.8, 4) is 0 Å². The summed E-state index contributed by atoms with van der Waals surface area (Å²) in [6.07, 6.45) is 6.69. The lowest BCUT2D eigenvalue weighted by Crippen LogP contribution is -2.31. The van der Waals surface area contributed by atoms with Crippen molar-refractivity contribution in [1.29, 1.82) is 0 Å². The summed E-state index contributed by atoms with van der Waals surface area (Å²) in [6.45, 7) is 8.91. The maximum Gasteiger partial charge on any atom is 0.156 e. The van der Waals surface area contributed by atoms with Gasteiger partial charge in [0.15, 0.2) is 9.84 Å². The molecule has 5 heteroatoms. The fraction of sp³-hybridized carbons (Fsp3) is 0.750. The fourth-order valence-corrected chi connectivity index (χ4v) is 3.58. The molecule has 4 nitrogen and oxygen atoms in total. The van der Waals surface area contributed by atoms with Crippen LogP contribution in [0.2, 0.25) is 0 Å². The highest BCUT2D eigenvalue weighted by Crippen LogP contribution is 2.41. The second-order valence-electron chi connectivity index (χ2n) is 6.99. The number of hydrogen-bond donors (Lipinski definition) is 1. The third-order valence-corrected chi connectivity index (χ3v) is 6.79. The van der Waals surface area contributed by atoms with E-state index < -0.39 is 14.6 Å². The normalized spacial score (nSPS) is 17.9. The number of sulfone groups is 1. The zero-order valence-corrected chi connectivity index (χ0v) is 14.4. The Bertz CT molecular complexity index is 565. The van der Waals surface area contributed by atoms with E-state index in [4.69, 9.17) is 0 Å². The van der Waals surface area contributed by atoms with Crippen LogP contribution in [0.5, 0.6) is 0 Å². The van der Waals surface area contributed by atoms with Crippen molar-refractivity contribution in [2.24, 2.45) is 5.92 Å². The Morgan fingerprint density at radius 3 is 2.57 bits per heavy atom. The van der Waals surface area contributed by atoms with E-state index >= 15 is 0 Å². The summed E-state index contributed by atoms with van der Waals surface area (Å²) in [5.74, 6) is 0.944. The van der Waals surface area contributed by atoms with Gasteiger partial charge in [-0.2, -0.15) is 0 Å². The number of aromatic nitrogens is 1. The molecule has 0 bridgehead atoms. The molecule has 1 aromatic heterocycles. The summed E-state index contributed by atoms with van der Waals surface area (Å²) in [5.41, 5.74) is 1.28. The molecule has 0 aliphatic heterocycles. The third kappa shape index (κ3) is 4.10. The molecule has 0 saturated heterocycles. The average molecular weight is 312 g/mol. The summed E-state index contributed by atoms with van der Waals surface area (Å²) < 4.78 is 25.7. The van der Waals surface area contributed by atoms with Crippen LogP contribution in [-0.4, -0.2) is 30.0 Å². The Morgan fingerprint density at radius 2 is 2.05 bits per heavy atom. The Balaban J connectivity index is 2.00. The van der Waals surface area contributed by atoms with Gasteiger partial charge in [0.25, 0.3) is 0 Å². The molecule has 1 N–H and O–H groups in total. The van der Waals surface area contributed by atoms with E-state index in [1.165, 1.54) is 18.4 Å². The molecular weight excluding hydrogens is 284 g/mol. The molecule has 1 aliphatic rings. The number of nitrogens with one attached hydrogen (secondary N) is 1. The molecule has 2 rings (SSSR count). The number of hydrogen-bond acceptors (Lipinski definition) is 3. The van der Waals surface area contributed by atoms with Gasteiger partial charge in [0.05, 0.1) is 10.5 Å². The van der Waals surface area contributed by atoms with Crippen LogP contribution in [0.4, 0.5) is 0 Å². The second kappa shape index (κ2) is 6.13. The van der Waals surface area contributed by atoms with Gasteiger partial charge < -0.3 is 9.88 Å². The van der Waals surface area contributed by atoms with Crippen LogP contribution in [0.1, 0.15) is 52.1 Å². The fourth-order valence-electron chi connectivity index (χ4n) is 2.52. The summed E-state index contributed by atoms with van der Waals surface area (Å²) in [7, 11) is -3.06. The zero-order chi connectivity index (χ0) is 15.7. The van der Waals surface area contributed by atoms with Crippen LogP contribution in [0.25, 0.3) is 0 Å². The highest BCUT2D eigenvalue weighted by Gasteiger charge is 2.32. The number of nitrogens with zero attached hydrogens (tertiary/aromatic N) is 1. The molecule has 0 aromatic carbocycles. The van der Waals surface area contributed by atoms with Crippen molar-refractivity contribution < 1.29 is 8.42 Å². The molecule has 1 saturated carbocycles. The van der Waals surface area contributed by atoms with E-state index in [-0.39, 0.29) is 5.75 Å². The summed E-state index contributed by atoms with van der Waals surface area (Å²) >= 11 is 0. The smallest absolute Gasteiger partial charge is 0.156 e. The Hall–Kier alpha value is -0.810. The van der Waals surface area contributed by atoms with Crippen LogP contribution in [0.15, 0.2) is 18.5 Å². The molecule has 1 fully saturated rings. The molecule has 1 unspecified atom stereocenters. The quantitative estimate of drug-likeness (QED) is 0.842. The first-order chi connectivity index (χ1) is 9.74. The predicted molar refractivity (Wildman–Crippen MR) is 87.1 cm³/mol. The highest BCUT2D eigenvalue weighted by molar-refractivity contribution is 7.92. The highest BCUT2D eigenvalue weighted by atomic mass is 32.2. The van der Waals surface area contributed by atoms with Gasteiger partial charge in [-0.15, -0.1) is 0 Å². The second-order valence-corrected chi connectivity index (χ2v) is 9.85. The minimum atomic E-state index is -3.06. The minimum absolute atomic E-state index is 0.194. The minimum Gasteiger partial charge on any atom is -0.353 e. The van der Waals surface area contributed by atoms with Crippen LogP contribution in [0, 0.1) is 5.92 Å². The van der Waals surface area contributed by atoms with Gasteiger partial charge >= 0.3 is 0 Å². The molecule has 120 valence electrons. The molecule has 0 amide bonds. The van der Waals surface area contributed by atoms with E-state index in [2.05, 4.69) is 24.5 Å². The lowest BCUT2D eigenvalue weighted by molar-refractivity contribution is 0.495. The van der Waals surface area contributed by atoms with Crippen molar-refractivity contribution in [3.05, 3.63) is 24.0 Å². The SMILES string of the molecule is CCNC(c1ccn(CCS(=O)(=O)C(C)(C)C)c1)C1CC1. The first-order valence-corrected chi connectivity index (χ1v) is 9.51. The van der Waals surface area contributed by atoms with Crippen LogP contribution < -0.4 is 5.32 Å². The van der Waals surface area contributed by atoms with Crippen molar-refractivity contribution in [2.75, 3.05) is 12.3 Å². The molecule has 1 aliphatic carbocycles. The zero-order valence-electron chi connectivity index (χ0n) is 13.6. The molecule has 1 heterocycles. The molecule has 1 aromatic rings. The molecular formula is C16H28N2O2S.